The van der Waals surface area contributed by atoms with Gasteiger partial charge in [-0.05, 0) is 68.1 Å². The van der Waals surface area contributed by atoms with Gasteiger partial charge in [0, 0.05) is 32.7 Å². The summed E-state index contributed by atoms with van der Waals surface area (Å²) < 4.78 is 1.86. The van der Waals surface area contributed by atoms with E-state index in [4.69, 9.17) is 0 Å². The third kappa shape index (κ3) is 4.04. The molecule has 0 aromatic carbocycles. The maximum atomic E-state index is 4.45. The molecule has 3 fully saturated rings. The molecule has 29 heavy (non-hydrogen) atoms. The second-order valence-electron chi connectivity index (χ2n) is 9.66. The lowest BCUT2D eigenvalue weighted by molar-refractivity contribution is 0.221. The molecule has 1 N–H and O–H groups in total. The van der Waals surface area contributed by atoms with Crippen LogP contribution in [0.3, 0.4) is 0 Å². The minimum atomic E-state index is 0.542. The quantitative estimate of drug-likeness (QED) is 0.834. The zero-order valence-corrected chi connectivity index (χ0v) is 17.8. The van der Waals surface area contributed by atoms with E-state index in [-0.39, 0.29) is 0 Å². The minimum absolute atomic E-state index is 0.542. The molecule has 2 aromatic heterocycles. The van der Waals surface area contributed by atoms with Crippen molar-refractivity contribution in [1.29, 1.82) is 0 Å². The standard InChI is InChI=1S/C23H34N6/c1-16-12-24-28(2)23(16)21-8-9-22(27-26-21)25-20-10-18-14-29(15-19(18)11-20)13-17-6-4-3-5-7-17/h8-9,12,17-20H,3-7,10-11,13-15H2,1-2H3,(H,25,27)/t18-,19+,20+. The molecular formula is C23H34N6. The molecule has 3 aliphatic rings. The van der Waals surface area contributed by atoms with Crippen LogP contribution in [0.5, 0.6) is 0 Å². The Kier molecular flexibility index (Phi) is 5.29. The topological polar surface area (TPSA) is 58.9 Å². The number of likely N-dealkylation sites (tertiary alicyclic amines) is 1. The number of hydrogen-bond acceptors (Lipinski definition) is 5. The van der Waals surface area contributed by atoms with E-state index < -0.39 is 0 Å². The van der Waals surface area contributed by atoms with Crippen molar-refractivity contribution in [2.75, 3.05) is 25.0 Å². The Bertz CT molecular complexity index is 789. The van der Waals surface area contributed by atoms with Crippen molar-refractivity contribution in [2.24, 2.45) is 24.8 Å². The van der Waals surface area contributed by atoms with Crippen molar-refractivity contribution >= 4 is 5.82 Å². The molecule has 6 nitrogen and oxygen atoms in total. The molecule has 3 atom stereocenters. The Morgan fingerprint density at radius 3 is 2.41 bits per heavy atom. The number of nitrogens with zero attached hydrogens (tertiary/aromatic N) is 5. The van der Waals surface area contributed by atoms with Gasteiger partial charge in [0.05, 0.1) is 11.9 Å². The molecule has 0 amide bonds. The molecular weight excluding hydrogens is 360 g/mol. The molecule has 156 valence electrons. The normalized spacial score (nSPS) is 28.0. The Hall–Kier alpha value is -1.95. The molecule has 2 aliphatic carbocycles. The lowest BCUT2D eigenvalue weighted by Gasteiger charge is -2.27. The molecule has 0 spiro atoms. The summed E-state index contributed by atoms with van der Waals surface area (Å²) in [5.41, 5.74) is 3.05. The first kappa shape index (κ1) is 19.0. The maximum absolute atomic E-state index is 4.45. The SMILES string of the molecule is Cc1cnn(C)c1-c1ccc(N[C@H]2C[C@@H]3CN(CC4CCCCC4)C[C@@H]3C2)nn1. The molecule has 5 rings (SSSR count). The highest BCUT2D eigenvalue weighted by molar-refractivity contribution is 5.59. The Morgan fingerprint density at radius 1 is 1.03 bits per heavy atom. The van der Waals surface area contributed by atoms with Gasteiger partial charge >= 0.3 is 0 Å². The van der Waals surface area contributed by atoms with E-state index in [0.29, 0.717) is 6.04 Å². The molecule has 3 heterocycles. The van der Waals surface area contributed by atoms with Crippen LogP contribution in [0.25, 0.3) is 11.4 Å². The number of hydrogen-bond donors (Lipinski definition) is 1. The van der Waals surface area contributed by atoms with E-state index in [1.54, 1.807) is 0 Å². The van der Waals surface area contributed by atoms with Crippen LogP contribution in [0.4, 0.5) is 5.82 Å². The second-order valence-corrected chi connectivity index (χ2v) is 9.66. The van der Waals surface area contributed by atoms with Crippen LogP contribution in [0, 0.1) is 24.7 Å². The van der Waals surface area contributed by atoms with E-state index in [9.17, 15) is 0 Å². The molecule has 6 heteroatoms. The summed E-state index contributed by atoms with van der Waals surface area (Å²) in [7, 11) is 1.95. The van der Waals surface area contributed by atoms with Gasteiger partial charge in [-0.2, -0.15) is 5.10 Å². The van der Waals surface area contributed by atoms with E-state index >= 15 is 0 Å². The van der Waals surface area contributed by atoms with E-state index in [1.807, 2.05) is 17.9 Å². The van der Waals surface area contributed by atoms with E-state index in [2.05, 4.69) is 44.6 Å². The van der Waals surface area contributed by atoms with Crippen LogP contribution in [0.2, 0.25) is 0 Å². The summed E-state index contributed by atoms with van der Waals surface area (Å²) in [6, 6.07) is 4.67. The summed E-state index contributed by atoms with van der Waals surface area (Å²) in [5.74, 6) is 3.59. The average Bonchev–Trinajstić information content (AvgIpc) is 3.36. The zero-order valence-electron chi connectivity index (χ0n) is 17.8. The van der Waals surface area contributed by atoms with Crippen LogP contribution >= 0.6 is 0 Å². The van der Waals surface area contributed by atoms with Gasteiger partial charge in [0.2, 0.25) is 0 Å². The third-order valence-electron chi connectivity index (χ3n) is 7.45. The molecule has 1 saturated heterocycles. The highest BCUT2D eigenvalue weighted by Gasteiger charge is 2.41. The zero-order chi connectivity index (χ0) is 19.8. The monoisotopic (exact) mass is 394 g/mol. The highest BCUT2D eigenvalue weighted by atomic mass is 15.3. The number of nitrogens with one attached hydrogen (secondary N) is 1. The van der Waals surface area contributed by atoms with Crippen LogP contribution in [-0.2, 0) is 7.05 Å². The van der Waals surface area contributed by atoms with Crippen molar-refractivity contribution in [3.63, 3.8) is 0 Å². The average molecular weight is 395 g/mol. The smallest absolute Gasteiger partial charge is 0.148 e. The molecule has 1 aliphatic heterocycles. The number of anilines is 1. The highest BCUT2D eigenvalue weighted by Crippen LogP contribution is 2.40. The predicted molar refractivity (Wildman–Crippen MR) is 116 cm³/mol. The number of rotatable bonds is 5. The van der Waals surface area contributed by atoms with Gasteiger partial charge < -0.3 is 10.2 Å². The van der Waals surface area contributed by atoms with Crippen molar-refractivity contribution < 1.29 is 0 Å². The third-order valence-corrected chi connectivity index (χ3v) is 7.45. The van der Waals surface area contributed by atoms with E-state index in [1.165, 1.54) is 64.6 Å². The lowest BCUT2D eigenvalue weighted by Crippen LogP contribution is -2.30. The summed E-state index contributed by atoms with van der Waals surface area (Å²) in [6.45, 7) is 6.03. The summed E-state index contributed by atoms with van der Waals surface area (Å²) in [5, 5.41) is 16.9. The summed E-state index contributed by atoms with van der Waals surface area (Å²) in [6.07, 6.45) is 11.7. The van der Waals surface area contributed by atoms with Crippen molar-refractivity contribution in [3.05, 3.63) is 23.9 Å². The Morgan fingerprint density at radius 2 is 1.79 bits per heavy atom. The second kappa shape index (κ2) is 8.05. The Balaban J connectivity index is 1.14. The van der Waals surface area contributed by atoms with Crippen molar-refractivity contribution in [1.82, 2.24) is 24.9 Å². The molecule has 2 saturated carbocycles. The largest absolute Gasteiger partial charge is 0.366 e. The van der Waals surface area contributed by atoms with Gasteiger partial charge in [0.25, 0.3) is 0 Å². The predicted octanol–water partition coefficient (Wildman–Crippen LogP) is 3.89. The van der Waals surface area contributed by atoms with Crippen molar-refractivity contribution in [2.45, 2.75) is 57.9 Å². The van der Waals surface area contributed by atoms with Gasteiger partial charge in [0.1, 0.15) is 11.5 Å². The minimum Gasteiger partial charge on any atom is -0.366 e. The first-order chi connectivity index (χ1) is 14.2. The van der Waals surface area contributed by atoms with Crippen LogP contribution in [-0.4, -0.2) is 50.6 Å². The van der Waals surface area contributed by atoms with Crippen LogP contribution < -0.4 is 5.32 Å². The molecule has 0 bridgehead atoms. The van der Waals surface area contributed by atoms with Crippen LogP contribution in [0.1, 0.15) is 50.5 Å². The van der Waals surface area contributed by atoms with Gasteiger partial charge in [-0.25, -0.2) is 0 Å². The van der Waals surface area contributed by atoms with Gasteiger partial charge in [0.15, 0.2) is 0 Å². The lowest BCUT2D eigenvalue weighted by atomic mass is 9.89. The molecule has 0 unspecified atom stereocenters. The molecule has 0 radical (unpaired) electrons. The Labute approximate surface area is 174 Å². The fraction of sp³-hybridized carbons (Fsp3) is 0.696. The molecule has 2 aromatic rings. The maximum Gasteiger partial charge on any atom is 0.148 e. The van der Waals surface area contributed by atoms with E-state index in [0.717, 1.165) is 40.5 Å². The fourth-order valence-corrected chi connectivity index (χ4v) is 6.06. The number of aryl methyl sites for hydroxylation is 2. The summed E-state index contributed by atoms with van der Waals surface area (Å²) in [4.78, 5) is 2.77. The van der Waals surface area contributed by atoms with Gasteiger partial charge in [-0.1, -0.05) is 19.3 Å². The van der Waals surface area contributed by atoms with Crippen molar-refractivity contribution in [3.8, 4) is 11.4 Å². The number of fused-ring (bicyclic) bond motifs is 1. The number of aromatic nitrogens is 4. The first-order valence-electron chi connectivity index (χ1n) is 11.5. The van der Waals surface area contributed by atoms with Gasteiger partial charge in [-0.15, -0.1) is 10.2 Å². The summed E-state index contributed by atoms with van der Waals surface area (Å²) >= 11 is 0. The van der Waals surface area contributed by atoms with Crippen LogP contribution in [0.15, 0.2) is 18.3 Å². The van der Waals surface area contributed by atoms with Gasteiger partial charge in [-0.3, -0.25) is 4.68 Å². The fourth-order valence-electron chi connectivity index (χ4n) is 6.06. The first-order valence-corrected chi connectivity index (χ1v) is 11.5.